The highest BCUT2D eigenvalue weighted by Gasteiger charge is 2.20. The van der Waals surface area contributed by atoms with Gasteiger partial charge in [0.25, 0.3) is 5.91 Å². The van der Waals surface area contributed by atoms with Crippen molar-refractivity contribution in [2.75, 3.05) is 41.3 Å². The molecule has 0 aliphatic carbocycles. The fourth-order valence-electron chi connectivity index (χ4n) is 3.36. The van der Waals surface area contributed by atoms with Gasteiger partial charge in [0.2, 0.25) is 5.95 Å². The molecule has 1 amide bonds. The van der Waals surface area contributed by atoms with Gasteiger partial charge in [0.05, 0.1) is 5.56 Å². The van der Waals surface area contributed by atoms with Crippen LogP contribution >= 0.6 is 0 Å². The molecule has 0 unspecified atom stereocenters. The van der Waals surface area contributed by atoms with E-state index in [1.807, 2.05) is 56.4 Å². The zero-order chi connectivity index (χ0) is 20.2. The molecule has 0 spiro atoms. The zero-order valence-corrected chi connectivity index (χ0v) is 16.7. The second-order valence-electron chi connectivity index (χ2n) is 7.14. The summed E-state index contributed by atoms with van der Waals surface area (Å²) < 4.78 is 0. The first-order valence-electron chi connectivity index (χ1n) is 9.72. The van der Waals surface area contributed by atoms with E-state index in [1.165, 1.54) is 0 Å². The standard InChI is InChI=1S/C22H24N6O/c1-16-6-5-7-19(17(16)2)26-21(29)18-14-24-22(25-15-18)28-12-10-27(11-13-28)20-8-3-4-9-23-20/h3-9,14-15H,10-13H2,1-2H3,(H,26,29). The van der Waals surface area contributed by atoms with Crippen molar-refractivity contribution in [1.29, 1.82) is 0 Å². The van der Waals surface area contributed by atoms with Gasteiger partial charge in [-0.15, -0.1) is 0 Å². The van der Waals surface area contributed by atoms with Crippen LogP contribution in [0.3, 0.4) is 0 Å². The average Bonchev–Trinajstić information content (AvgIpc) is 2.78. The lowest BCUT2D eigenvalue weighted by molar-refractivity contribution is 0.102. The third-order valence-corrected chi connectivity index (χ3v) is 5.29. The predicted octanol–water partition coefficient (Wildman–Crippen LogP) is 3.07. The van der Waals surface area contributed by atoms with Crippen LogP contribution in [0, 0.1) is 13.8 Å². The third-order valence-electron chi connectivity index (χ3n) is 5.29. The van der Waals surface area contributed by atoms with E-state index in [2.05, 4.69) is 30.1 Å². The maximum Gasteiger partial charge on any atom is 0.258 e. The van der Waals surface area contributed by atoms with Crippen molar-refractivity contribution in [3.8, 4) is 0 Å². The van der Waals surface area contributed by atoms with E-state index in [1.54, 1.807) is 12.4 Å². The maximum absolute atomic E-state index is 12.5. The molecular weight excluding hydrogens is 364 g/mol. The lowest BCUT2D eigenvalue weighted by Crippen LogP contribution is -2.47. The van der Waals surface area contributed by atoms with Crippen molar-refractivity contribution in [3.05, 3.63) is 71.7 Å². The summed E-state index contributed by atoms with van der Waals surface area (Å²) >= 11 is 0. The number of pyridine rings is 1. The monoisotopic (exact) mass is 388 g/mol. The molecule has 1 N–H and O–H groups in total. The SMILES string of the molecule is Cc1cccc(NC(=O)c2cnc(N3CCN(c4ccccn4)CC3)nc2)c1C. The summed E-state index contributed by atoms with van der Waals surface area (Å²) in [6.07, 6.45) is 4.99. The number of aryl methyl sites for hydroxylation is 1. The van der Waals surface area contributed by atoms with Gasteiger partial charge < -0.3 is 15.1 Å². The number of aromatic nitrogens is 3. The molecule has 29 heavy (non-hydrogen) atoms. The van der Waals surface area contributed by atoms with Gasteiger partial charge in [-0.3, -0.25) is 4.79 Å². The second kappa shape index (κ2) is 8.26. The van der Waals surface area contributed by atoms with E-state index < -0.39 is 0 Å². The van der Waals surface area contributed by atoms with Gasteiger partial charge in [-0.05, 0) is 43.2 Å². The van der Waals surface area contributed by atoms with Crippen LogP contribution in [-0.4, -0.2) is 47.0 Å². The first-order chi connectivity index (χ1) is 14.1. The number of hydrogen-bond acceptors (Lipinski definition) is 6. The van der Waals surface area contributed by atoms with E-state index in [0.29, 0.717) is 11.5 Å². The van der Waals surface area contributed by atoms with Gasteiger partial charge in [-0.1, -0.05) is 18.2 Å². The molecule has 1 aliphatic rings. The first kappa shape index (κ1) is 18.9. The van der Waals surface area contributed by atoms with Crippen LogP contribution in [0.25, 0.3) is 0 Å². The largest absolute Gasteiger partial charge is 0.353 e. The van der Waals surface area contributed by atoms with E-state index >= 15 is 0 Å². The summed E-state index contributed by atoms with van der Waals surface area (Å²) in [7, 11) is 0. The van der Waals surface area contributed by atoms with Crippen LogP contribution in [0.5, 0.6) is 0 Å². The van der Waals surface area contributed by atoms with E-state index in [-0.39, 0.29) is 5.91 Å². The van der Waals surface area contributed by atoms with Gasteiger partial charge in [-0.2, -0.15) is 0 Å². The highest BCUT2D eigenvalue weighted by atomic mass is 16.1. The summed E-state index contributed by atoms with van der Waals surface area (Å²) in [5.74, 6) is 1.44. The molecule has 3 heterocycles. The molecule has 4 rings (SSSR count). The molecule has 3 aromatic rings. The Labute approximate surface area is 170 Å². The fraction of sp³-hybridized carbons (Fsp3) is 0.273. The van der Waals surface area contributed by atoms with Crippen molar-refractivity contribution >= 4 is 23.4 Å². The Morgan fingerprint density at radius 1 is 0.897 bits per heavy atom. The number of carbonyl (C=O) groups excluding carboxylic acids is 1. The summed E-state index contributed by atoms with van der Waals surface area (Å²) in [4.78, 5) is 30.2. The molecule has 0 atom stereocenters. The number of anilines is 3. The Morgan fingerprint density at radius 2 is 1.62 bits per heavy atom. The average molecular weight is 388 g/mol. The Hall–Kier alpha value is -3.48. The van der Waals surface area contributed by atoms with Crippen LogP contribution < -0.4 is 15.1 Å². The van der Waals surface area contributed by atoms with Crippen LogP contribution in [-0.2, 0) is 0 Å². The quantitative estimate of drug-likeness (QED) is 0.740. The van der Waals surface area contributed by atoms with Crippen molar-refractivity contribution in [3.63, 3.8) is 0 Å². The van der Waals surface area contributed by atoms with Gasteiger partial charge in [-0.25, -0.2) is 15.0 Å². The van der Waals surface area contributed by atoms with E-state index in [4.69, 9.17) is 0 Å². The van der Waals surface area contributed by atoms with Crippen LogP contribution in [0.15, 0.2) is 55.0 Å². The van der Waals surface area contributed by atoms with Gasteiger partial charge in [0.1, 0.15) is 5.82 Å². The first-order valence-corrected chi connectivity index (χ1v) is 9.72. The number of nitrogens with zero attached hydrogens (tertiary/aromatic N) is 5. The summed E-state index contributed by atoms with van der Waals surface area (Å²) in [5.41, 5.74) is 3.45. The molecule has 0 radical (unpaired) electrons. The van der Waals surface area contributed by atoms with Crippen LogP contribution in [0.1, 0.15) is 21.5 Å². The molecule has 1 aromatic carbocycles. The molecule has 1 fully saturated rings. The van der Waals surface area contributed by atoms with Crippen molar-refractivity contribution in [2.24, 2.45) is 0 Å². The minimum atomic E-state index is -0.203. The summed E-state index contributed by atoms with van der Waals surface area (Å²) in [6.45, 7) is 7.35. The lowest BCUT2D eigenvalue weighted by atomic mass is 10.1. The smallest absolute Gasteiger partial charge is 0.258 e. The number of carbonyl (C=O) groups is 1. The Kier molecular flexibility index (Phi) is 5.37. The molecule has 7 heteroatoms. The van der Waals surface area contributed by atoms with Crippen LogP contribution in [0.4, 0.5) is 17.5 Å². The fourth-order valence-corrected chi connectivity index (χ4v) is 3.36. The predicted molar refractivity (Wildman–Crippen MR) is 115 cm³/mol. The normalized spacial score (nSPS) is 14.0. The highest BCUT2D eigenvalue weighted by Crippen LogP contribution is 2.19. The molecular formula is C22H24N6O. The Morgan fingerprint density at radius 3 is 2.31 bits per heavy atom. The maximum atomic E-state index is 12.5. The number of hydrogen-bond donors (Lipinski definition) is 1. The topological polar surface area (TPSA) is 74.2 Å². The molecule has 2 aromatic heterocycles. The van der Waals surface area contributed by atoms with E-state index in [0.717, 1.165) is 48.8 Å². The number of benzene rings is 1. The van der Waals surface area contributed by atoms with Crippen LogP contribution in [0.2, 0.25) is 0 Å². The highest BCUT2D eigenvalue weighted by molar-refractivity contribution is 6.04. The number of rotatable bonds is 4. The zero-order valence-electron chi connectivity index (χ0n) is 16.7. The number of nitrogens with one attached hydrogen (secondary N) is 1. The van der Waals surface area contributed by atoms with Gasteiger partial charge in [0, 0.05) is 50.5 Å². The summed E-state index contributed by atoms with van der Waals surface area (Å²) in [6, 6.07) is 11.8. The van der Waals surface area contributed by atoms with Gasteiger partial charge in [0.15, 0.2) is 0 Å². The van der Waals surface area contributed by atoms with Crippen molar-refractivity contribution in [1.82, 2.24) is 15.0 Å². The van der Waals surface area contributed by atoms with Crippen molar-refractivity contribution < 1.29 is 4.79 Å². The molecule has 148 valence electrons. The minimum Gasteiger partial charge on any atom is -0.353 e. The molecule has 7 nitrogen and oxygen atoms in total. The number of piperazine rings is 1. The second-order valence-corrected chi connectivity index (χ2v) is 7.14. The summed E-state index contributed by atoms with van der Waals surface area (Å²) in [5, 5.41) is 2.94. The van der Waals surface area contributed by atoms with Crippen molar-refractivity contribution in [2.45, 2.75) is 13.8 Å². The molecule has 0 bridgehead atoms. The van der Waals surface area contributed by atoms with E-state index in [9.17, 15) is 4.79 Å². The Balaban J connectivity index is 1.38. The molecule has 1 saturated heterocycles. The molecule has 1 aliphatic heterocycles. The lowest BCUT2D eigenvalue weighted by Gasteiger charge is -2.35. The Bertz CT molecular complexity index is 982. The number of amides is 1. The third kappa shape index (κ3) is 4.18. The van der Waals surface area contributed by atoms with Gasteiger partial charge >= 0.3 is 0 Å². The minimum absolute atomic E-state index is 0.203. The molecule has 0 saturated carbocycles.